The second-order valence-corrected chi connectivity index (χ2v) is 5.68. The third-order valence-corrected chi connectivity index (χ3v) is 2.82. The van der Waals surface area contributed by atoms with Crippen LogP contribution in [0, 0.1) is 26.7 Å². The molecule has 0 amide bonds. The van der Waals surface area contributed by atoms with E-state index < -0.39 is 0 Å². The second kappa shape index (κ2) is 12.9. The molecule has 1 aromatic carbocycles. The molecule has 1 aromatic rings. The van der Waals surface area contributed by atoms with Crippen LogP contribution in [0.25, 0.3) is 0 Å². The summed E-state index contributed by atoms with van der Waals surface area (Å²) in [6.45, 7) is 14.7. The largest absolute Gasteiger partial charge is 0.324 e. The van der Waals surface area contributed by atoms with Crippen molar-refractivity contribution >= 4 is 5.78 Å². The monoisotopic (exact) mass is 279 g/mol. The van der Waals surface area contributed by atoms with Gasteiger partial charge in [0.05, 0.1) is 6.54 Å². The highest BCUT2D eigenvalue weighted by molar-refractivity contribution is 5.77. The van der Waals surface area contributed by atoms with E-state index in [0.717, 1.165) is 5.92 Å². The summed E-state index contributed by atoms with van der Waals surface area (Å²) < 4.78 is 0. The van der Waals surface area contributed by atoms with E-state index in [0.29, 0.717) is 0 Å². The van der Waals surface area contributed by atoms with Crippen LogP contribution in [-0.2, 0) is 4.79 Å². The van der Waals surface area contributed by atoms with Crippen LogP contribution in [0.1, 0.15) is 57.2 Å². The Labute approximate surface area is 125 Å². The quantitative estimate of drug-likeness (QED) is 0.879. The molecule has 0 unspecified atom stereocenters. The molecule has 2 nitrogen and oxygen atoms in total. The topological polar surface area (TPSA) is 43.1 Å². The first kappa shape index (κ1) is 21.2. The van der Waals surface area contributed by atoms with Crippen LogP contribution in [0.3, 0.4) is 0 Å². The minimum Gasteiger partial charge on any atom is -0.324 e. The average molecular weight is 279 g/mol. The second-order valence-electron chi connectivity index (χ2n) is 5.68. The van der Waals surface area contributed by atoms with Gasteiger partial charge in [-0.1, -0.05) is 57.4 Å². The molecule has 0 aliphatic heterocycles. The van der Waals surface area contributed by atoms with Gasteiger partial charge in [0.25, 0.3) is 0 Å². The van der Waals surface area contributed by atoms with Gasteiger partial charge < -0.3 is 5.73 Å². The molecule has 20 heavy (non-hydrogen) atoms. The lowest BCUT2D eigenvalue weighted by Gasteiger charge is -1.98. The number of hydrogen-bond acceptors (Lipinski definition) is 2. The predicted molar refractivity (Wildman–Crippen MR) is 90.1 cm³/mol. The predicted octanol–water partition coefficient (Wildman–Crippen LogP) is 4.59. The van der Waals surface area contributed by atoms with E-state index >= 15 is 0 Å². The molecular weight excluding hydrogens is 246 g/mol. The van der Waals surface area contributed by atoms with Crippen LogP contribution in [0.2, 0.25) is 0 Å². The van der Waals surface area contributed by atoms with Crippen LogP contribution in [0.15, 0.2) is 18.2 Å². The Kier molecular flexibility index (Phi) is 13.6. The molecule has 2 N–H and O–H groups in total. The van der Waals surface area contributed by atoms with Crippen molar-refractivity contribution < 1.29 is 4.79 Å². The Morgan fingerprint density at radius 1 is 1.15 bits per heavy atom. The molecule has 0 fully saturated rings. The maximum absolute atomic E-state index is 9.69. The van der Waals surface area contributed by atoms with E-state index in [-0.39, 0.29) is 12.3 Å². The molecule has 2 heteroatoms. The van der Waals surface area contributed by atoms with Crippen LogP contribution in [-0.4, -0.2) is 12.3 Å². The lowest BCUT2D eigenvalue weighted by atomic mass is 10.1. The third kappa shape index (κ3) is 14.9. The molecule has 0 aliphatic rings. The molecule has 0 spiro atoms. The highest BCUT2D eigenvalue weighted by Crippen LogP contribution is 2.07. The van der Waals surface area contributed by atoms with Crippen molar-refractivity contribution in [2.75, 3.05) is 6.54 Å². The van der Waals surface area contributed by atoms with Gasteiger partial charge in [-0.05, 0) is 44.7 Å². The molecule has 0 saturated carbocycles. The summed E-state index contributed by atoms with van der Waals surface area (Å²) in [5.74, 6) is 0.931. The Morgan fingerprint density at radius 2 is 1.65 bits per heavy atom. The minimum absolute atomic E-state index is 0.0324. The van der Waals surface area contributed by atoms with Gasteiger partial charge in [0, 0.05) is 0 Å². The SMILES string of the molecule is CC(=O)CN.CCCC(C)C.Cc1ccc(C)c(C)c1. The maximum atomic E-state index is 9.69. The fraction of sp³-hybridized carbons (Fsp3) is 0.611. The van der Waals surface area contributed by atoms with Gasteiger partial charge in [-0.25, -0.2) is 0 Å². The molecule has 116 valence electrons. The number of rotatable bonds is 3. The molecule has 0 saturated heterocycles. The molecule has 0 aromatic heterocycles. The van der Waals surface area contributed by atoms with E-state index in [1.54, 1.807) is 0 Å². The zero-order valence-electron chi connectivity index (χ0n) is 14.4. The van der Waals surface area contributed by atoms with E-state index in [9.17, 15) is 4.79 Å². The summed E-state index contributed by atoms with van der Waals surface area (Å²) in [4.78, 5) is 9.69. The van der Waals surface area contributed by atoms with Gasteiger partial charge in [-0.2, -0.15) is 0 Å². The van der Waals surface area contributed by atoms with Crippen molar-refractivity contribution in [3.05, 3.63) is 34.9 Å². The molecule has 1 rings (SSSR count). The number of ketones is 1. The van der Waals surface area contributed by atoms with Crippen LogP contribution in [0.4, 0.5) is 0 Å². The first-order valence-electron chi connectivity index (χ1n) is 7.47. The number of Topliss-reactive ketones (excluding diaryl/α,β-unsaturated/α-hetero) is 1. The van der Waals surface area contributed by atoms with Crippen LogP contribution >= 0.6 is 0 Å². The van der Waals surface area contributed by atoms with E-state index in [4.69, 9.17) is 5.73 Å². The van der Waals surface area contributed by atoms with E-state index in [1.807, 2.05) is 0 Å². The van der Waals surface area contributed by atoms with Crippen molar-refractivity contribution in [2.24, 2.45) is 11.7 Å². The summed E-state index contributed by atoms with van der Waals surface area (Å²) in [5, 5.41) is 0. The normalized spacial score (nSPS) is 9.25. The molecule has 0 radical (unpaired) electrons. The average Bonchev–Trinajstić information content (AvgIpc) is 2.35. The standard InChI is InChI=1S/C9H12.C6H14.C3H7NO/c1-7-4-5-8(2)9(3)6-7;1-4-5-6(2)3;1-3(5)2-4/h4-6H,1-3H3;6H,4-5H2,1-3H3;2,4H2,1H3. The van der Waals surface area contributed by atoms with Gasteiger partial charge in [0.1, 0.15) is 5.78 Å². The molecule has 0 aliphatic carbocycles. The van der Waals surface area contributed by atoms with E-state index in [2.05, 4.69) is 59.7 Å². The third-order valence-electron chi connectivity index (χ3n) is 2.82. The Morgan fingerprint density at radius 3 is 1.85 bits per heavy atom. The molecule has 0 atom stereocenters. The van der Waals surface area contributed by atoms with Crippen LogP contribution in [0.5, 0.6) is 0 Å². The zero-order valence-corrected chi connectivity index (χ0v) is 14.4. The summed E-state index contributed by atoms with van der Waals surface area (Å²) >= 11 is 0. The highest BCUT2D eigenvalue weighted by Gasteiger charge is 1.89. The van der Waals surface area contributed by atoms with Gasteiger partial charge >= 0.3 is 0 Å². The van der Waals surface area contributed by atoms with Crippen molar-refractivity contribution in [3.8, 4) is 0 Å². The Hall–Kier alpha value is -1.15. The number of benzene rings is 1. The summed E-state index contributed by atoms with van der Waals surface area (Å²) in [5.41, 5.74) is 8.93. The number of hydrogen-bond donors (Lipinski definition) is 1. The number of carbonyl (C=O) groups excluding carboxylic acids is 1. The lowest BCUT2D eigenvalue weighted by molar-refractivity contribution is -0.115. The molecule has 0 heterocycles. The van der Waals surface area contributed by atoms with E-state index in [1.165, 1.54) is 36.5 Å². The number of nitrogens with two attached hydrogens (primary N) is 1. The number of aryl methyl sites for hydroxylation is 3. The minimum atomic E-state index is 0.0324. The first-order chi connectivity index (χ1) is 9.24. The lowest BCUT2D eigenvalue weighted by Crippen LogP contribution is -2.07. The van der Waals surface area contributed by atoms with Crippen molar-refractivity contribution in [2.45, 2.75) is 61.3 Å². The first-order valence-corrected chi connectivity index (χ1v) is 7.47. The van der Waals surface area contributed by atoms with Gasteiger partial charge in [-0.3, -0.25) is 4.79 Å². The molecule has 0 bridgehead atoms. The zero-order chi connectivity index (χ0) is 16.1. The van der Waals surface area contributed by atoms with Gasteiger partial charge in [-0.15, -0.1) is 0 Å². The van der Waals surface area contributed by atoms with Crippen molar-refractivity contribution in [3.63, 3.8) is 0 Å². The smallest absolute Gasteiger partial charge is 0.143 e. The summed E-state index contributed by atoms with van der Waals surface area (Å²) in [6.07, 6.45) is 2.71. The van der Waals surface area contributed by atoms with Gasteiger partial charge in [0.2, 0.25) is 0 Å². The Bertz CT molecular complexity index is 370. The van der Waals surface area contributed by atoms with Crippen LogP contribution < -0.4 is 5.73 Å². The fourth-order valence-electron chi connectivity index (χ4n) is 1.47. The van der Waals surface area contributed by atoms with Crippen molar-refractivity contribution in [1.82, 2.24) is 0 Å². The fourth-order valence-corrected chi connectivity index (χ4v) is 1.47. The van der Waals surface area contributed by atoms with Crippen molar-refractivity contribution in [1.29, 1.82) is 0 Å². The molecular formula is C18H33NO. The maximum Gasteiger partial charge on any atom is 0.143 e. The highest BCUT2D eigenvalue weighted by atomic mass is 16.1. The Balaban J connectivity index is 0. The summed E-state index contributed by atoms with van der Waals surface area (Å²) in [6, 6.07) is 6.50. The summed E-state index contributed by atoms with van der Waals surface area (Å²) in [7, 11) is 0. The number of carbonyl (C=O) groups is 1. The van der Waals surface area contributed by atoms with Gasteiger partial charge in [0.15, 0.2) is 0 Å².